The van der Waals surface area contributed by atoms with E-state index in [1.807, 2.05) is 72.8 Å². The second-order valence-electron chi connectivity index (χ2n) is 11.1. The highest BCUT2D eigenvalue weighted by atomic mass is 16.7. The molecular formula is C34H40N2O7. The molecule has 5 rings (SSSR count). The number of amides is 1. The van der Waals surface area contributed by atoms with Gasteiger partial charge in [0.25, 0.3) is 0 Å². The molecule has 228 valence electrons. The summed E-state index contributed by atoms with van der Waals surface area (Å²) in [4.78, 5) is 25.3. The molecule has 3 aromatic rings. The first-order valence-corrected chi connectivity index (χ1v) is 15.0. The number of carbonyl (C=O) groups is 2. The molecule has 0 bridgehead atoms. The number of aliphatic carboxylic acids is 1. The van der Waals surface area contributed by atoms with Crippen LogP contribution in [0.15, 0.2) is 72.8 Å². The van der Waals surface area contributed by atoms with Crippen LogP contribution in [0, 0.1) is 0 Å². The van der Waals surface area contributed by atoms with Crippen LogP contribution in [0.25, 0.3) is 11.1 Å². The summed E-state index contributed by atoms with van der Waals surface area (Å²) in [6.07, 6.45) is 0.532. The molecule has 0 saturated carbocycles. The van der Waals surface area contributed by atoms with Crippen LogP contribution in [-0.4, -0.2) is 65.9 Å². The molecule has 9 nitrogen and oxygen atoms in total. The van der Waals surface area contributed by atoms with Gasteiger partial charge in [-0.05, 0) is 34.2 Å². The predicted molar refractivity (Wildman–Crippen MR) is 161 cm³/mol. The van der Waals surface area contributed by atoms with Crippen molar-refractivity contribution in [2.75, 3.05) is 32.8 Å². The van der Waals surface area contributed by atoms with Crippen LogP contribution in [-0.2, 0) is 37.0 Å². The van der Waals surface area contributed by atoms with Gasteiger partial charge in [-0.3, -0.25) is 14.5 Å². The van der Waals surface area contributed by atoms with E-state index in [0.29, 0.717) is 13.0 Å². The second-order valence-corrected chi connectivity index (χ2v) is 11.1. The molecule has 1 amide bonds. The molecule has 0 radical (unpaired) electrons. The van der Waals surface area contributed by atoms with Gasteiger partial charge in [-0.15, -0.1) is 0 Å². The van der Waals surface area contributed by atoms with Crippen molar-refractivity contribution in [1.29, 1.82) is 0 Å². The number of carbonyl (C=O) groups excluding carboxylic acids is 1. The molecule has 0 unspecified atom stereocenters. The maximum Gasteiger partial charge on any atom is 0.303 e. The molecule has 0 aliphatic carbocycles. The fourth-order valence-corrected chi connectivity index (χ4v) is 5.56. The lowest BCUT2D eigenvalue weighted by molar-refractivity contribution is -0.253. The molecule has 0 spiro atoms. The zero-order chi connectivity index (χ0) is 30.0. The molecule has 3 atom stereocenters. The van der Waals surface area contributed by atoms with Gasteiger partial charge >= 0.3 is 5.97 Å². The minimum atomic E-state index is -0.898. The van der Waals surface area contributed by atoms with Crippen molar-refractivity contribution in [3.05, 3.63) is 95.1 Å². The van der Waals surface area contributed by atoms with Gasteiger partial charge in [0.05, 0.1) is 32.0 Å². The SMILES string of the molecule is O=C(O)CCCC(=O)NCc1ccccc1-c1ccc([C@@H]2O[C@H](CN3CCOCC3)C[C@H](c3ccc(CO)cc3)O2)cc1. The standard InChI is InChI=1S/C34H40N2O7/c37-23-24-8-10-26(11-9-24)31-20-29(22-36-16-18-41-19-17-36)42-34(43-31)27-14-12-25(13-15-27)30-5-2-1-4-28(30)21-35-32(38)6-3-7-33(39)40/h1-2,4-5,8-15,29,31,34,37H,3,6-7,16-23H2,(H,35,38)(H,39,40)/t29-,31+,34+/m0/s1. The van der Waals surface area contributed by atoms with Crippen LogP contribution in [0.2, 0.25) is 0 Å². The van der Waals surface area contributed by atoms with Gasteiger partial charge in [0, 0.05) is 51.0 Å². The van der Waals surface area contributed by atoms with Gasteiger partial charge in [0.2, 0.25) is 5.91 Å². The second kappa shape index (κ2) is 15.2. The molecule has 2 heterocycles. The summed E-state index contributed by atoms with van der Waals surface area (Å²) in [6.45, 7) is 4.41. The van der Waals surface area contributed by atoms with E-state index in [1.165, 1.54) is 0 Å². The number of aliphatic hydroxyl groups is 1. The van der Waals surface area contributed by atoms with Crippen molar-refractivity contribution < 1.29 is 34.0 Å². The highest BCUT2D eigenvalue weighted by Gasteiger charge is 2.33. The highest BCUT2D eigenvalue weighted by molar-refractivity contribution is 5.77. The molecule has 43 heavy (non-hydrogen) atoms. The molecular weight excluding hydrogens is 548 g/mol. The molecule has 2 saturated heterocycles. The normalized spacial score (nSPS) is 20.9. The van der Waals surface area contributed by atoms with Crippen molar-refractivity contribution in [2.24, 2.45) is 0 Å². The fraction of sp³-hybridized carbons (Fsp3) is 0.412. The number of aliphatic hydroxyl groups excluding tert-OH is 1. The third-order valence-electron chi connectivity index (χ3n) is 7.96. The lowest BCUT2D eigenvalue weighted by Crippen LogP contribution is -2.44. The molecule has 2 aliphatic heterocycles. The van der Waals surface area contributed by atoms with Crippen LogP contribution < -0.4 is 5.32 Å². The van der Waals surface area contributed by atoms with Gasteiger partial charge in [-0.25, -0.2) is 0 Å². The number of carboxylic acids is 1. The van der Waals surface area contributed by atoms with Crippen LogP contribution in [0.5, 0.6) is 0 Å². The van der Waals surface area contributed by atoms with E-state index >= 15 is 0 Å². The van der Waals surface area contributed by atoms with Gasteiger partial charge < -0.3 is 29.7 Å². The molecule has 9 heteroatoms. The third-order valence-corrected chi connectivity index (χ3v) is 7.96. The van der Waals surface area contributed by atoms with Crippen molar-refractivity contribution >= 4 is 11.9 Å². The summed E-state index contributed by atoms with van der Waals surface area (Å²) < 4.78 is 18.6. The van der Waals surface area contributed by atoms with E-state index in [-0.39, 0.29) is 37.6 Å². The Labute approximate surface area is 252 Å². The Morgan fingerprint density at radius 1 is 0.884 bits per heavy atom. The molecule has 2 aliphatic rings. The smallest absolute Gasteiger partial charge is 0.303 e. The Morgan fingerprint density at radius 2 is 1.60 bits per heavy atom. The summed E-state index contributed by atoms with van der Waals surface area (Å²) in [6, 6.07) is 24.0. The zero-order valence-corrected chi connectivity index (χ0v) is 24.3. The van der Waals surface area contributed by atoms with Crippen molar-refractivity contribution in [3.8, 4) is 11.1 Å². The Bertz CT molecular complexity index is 1340. The number of hydrogen-bond donors (Lipinski definition) is 3. The summed E-state index contributed by atoms with van der Waals surface area (Å²) in [5.74, 6) is -1.06. The van der Waals surface area contributed by atoms with E-state index in [4.69, 9.17) is 19.3 Å². The molecule has 0 aromatic heterocycles. The van der Waals surface area contributed by atoms with Gasteiger partial charge in [0.1, 0.15) is 0 Å². The van der Waals surface area contributed by atoms with Gasteiger partial charge in [-0.1, -0.05) is 72.8 Å². The minimum Gasteiger partial charge on any atom is -0.481 e. The van der Waals surface area contributed by atoms with Crippen LogP contribution >= 0.6 is 0 Å². The van der Waals surface area contributed by atoms with E-state index in [2.05, 4.69) is 10.2 Å². The predicted octanol–water partition coefficient (Wildman–Crippen LogP) is 4.59. The number of morpholine rings is 1. The number of ether oxygens (including phenoxy) is 3. The maximum absolute atomic E-state index is 12.2. The first kappa shape index (κ1) is 30.8. The Hall–Kier alpha value is -3.60. The number of nitrogens with zero attached hydrogens (tertiary/aromatic N) is 1. The molecule has 3 N–H and O–H groups in total. The van der Waals surface area contributed by atoms with Crippen molar-refractivity contribution in [1.82, 2.24) is 10.2 Å². The first-order chi connectivity index (χ1) is 21.0. The minimum absolute atomic E-state index is 0.00579. The number of nitrogens with one attached hydrogen (secondary N) is 1. The number of benzene rings is 3. The fourth-order valence-electron chi connectivity index (χ4n) is 5.56. The maximum atomic E-state index is 12.2. The van der Waals surface area contributed by atoms with E-state index in [1.54, 1.807) is 0 Å². The zero-order valence-electron chi connectivity index (χ0n) is 24.3. The summed E-state index contributed by atoms with van der Waals surface area (Å²) in [7, 11) is 0. The monoisotopic (exact) mass is 588 g/mol. The Kier molecular flexibility index (Phi) is 10.9. The van der Waals surface area contributed by atoms with Crippen LogP contribution in [0.4, 0.5) is 0 Å². The Balaban J connectivity index is 1.29. The number of rotatable bonds is 12. The summed E-state index contributed by atoms with van der Waals surface area (Å²) in [5, 5.41) is 21.2. The molecule has 2 fully saturated rings. The van der Waals surface area contributed by atoms with Crippen molar-refractivity contribution in [2.45, 2.75) is 57.3 Å². The largest absolute Gasteiger partial charge is 0.481 e. The van der Waals surface area contributed by atoms with Gasteiger partial charge in [-0.2, -0.15) is 0 Å². The lowest BCUT2D eigenvalue weighted by Gasteiger charge is -2.39. The summed E-state index contributed by atoms with van der Waals surface area (Å²) in [5.41, 5.74) is 5.85. The van der Waals surface area contributed by atoms with Crippen LogP contribution in [0.1, 0.15) is 60.3 Å². The topological polar surface area (TPSA) is 118 Å². The average molecular weight is 589 g/mol. The van der Waals surface area contributed by atoms with E-state index < -0.39 is 12.3 Å². The lowest BCUT2D eigenvalue weighted by atomic mass is 9.97. The van der Waals surface area contributed by atoms with E-state index in [9.17, 15) is 14.7 Å². The van der Waals surface area contributed by atoms with Gasteiger partial charge in [0.15, 0.2) is 6.29 Å². The van der Waals surface area contributed by atoms with Crippen molar-refractivity contribution in [3.63, 3.8) is 0 Å². The third kappa shape index (κ3) is 8.72. The average Bonchev–Trinajstić information content (AvgIpc) is 3.04. The van der Waals surface area contributed by atoms with Crippen LogP contribution in [0.3, 0.4) is 0 Å². The molecule has 3 aromatic carbocycles. The quantitative estimate of drug-likeness (QED) is 0.281. The summed E-state index contributed by atoms with van der Waals surface area (Å²) >= 11 is 0. The highest BCUT2D eigenvalue weighted by Crippen LogP contribution is 2.39. The number of hydrogen-bond acceptors (Lipinski definition) is 7. The Morgan fingerprint density at radius 3 is 2.33 bits per heavy atom. The van der Waals surface area contributed by atoms with E-state index in [0.717, 1.165) is 72.6 Å². The first-order valence-electron chi connectivity index (χ1n) is 15.0. The number of carboxylic acid groups (broad SMARTS) is 1.